The van der Waals surface area contributed by atoms with E-state index < -0.39 is 5.97 Å². The van der Waals surface area contributed by atoms with Gasteiger partial charge < -0.3 is 15.7 Å². The lowest BCUT2D eigenvalue weighted by Crippen LogP contribution is -2.43. The van der Waals surface area contributed by atoms with Gasteiger partial charge in [0.1, 0.15) is 0 Å². The first-order valence-corrected chi connectivity index (χ1v) is 6.46. The molecule has 0 saturated carbocycles. The van der Waals surface area contributed by atoms with Gasteiger partial charge in [0.25, 0.3) is 0 Å². The zero-order chi connectivity index (χ0) is 13.8. The minimum Gasteiger partial charge on any atom is -0.478 e. The Balaban J connectivity index is 2.11. The minimum atomic E-state index is -0.994. The molecule has 0 aromatic heterocycles. The summed E-state index contributed by atoms with van der Waals surface area (Å²) in [5.41, 5.74) is 1.60. The maximum absolute atomic E-state index is 12.1. The molecule has 1 atom stereocenters. The van der Waals surface area contributed by atoms with Crippen LogP contribution in [0.2, 0.25) is 0 Å². The molecule has 19 heavy (non-hydrogen) atoms. The Morgan fingerprint density at radius 3 is 2.79 bits per heavy atom. The van der Waals surface area contributed by atoms with Gasteiger partial charge in [0.05, 0.1) is 11.6 Å². The third-order valence-electron chi connectivity index (χ3n) is 3.37. The van der Waals surface area contributed by atoms with E-state index in [2.05, 4.69) is 10.6 Å². The second-order valence-corrected chi connectivity index (χ2v) is 4.83. The standard InChI is InChI=1S/C14H18N2O3/c1-9-5-6-10(14(18)19)8-12(9)16-13(17)11-4-2-3-7-15-11/h5-6,8,11,15H,2-4,7H2,1H3,(H,16,17)(H,18,19). The molecule has 0 bridgehead atoms. The van der Waals surface area contributed by atoms with Gasteiger partial charge >= 0.3 is 5.97 Å². The first-order chi connectivity index (χ1) is 9.08. The Labute approximate surface area is 112 Å². The lowest BCUT2D eigenvalue weighted by atomic mass is 10.0. The van der Waals surface area contributed by atoms with E-state index in [0.29, 0.717) is 5.69 Å². The number of hydrogen-bond acceptors (Lipinski definition) is 3. The largest absolute Gasteiger partial charge is 0.478 e. The Morgan fingerprint density at radius 2 is 2.16 bits per heavy atom. The zero-order valence-corrected chi connectivity index (χ0v) is 10.9. The fourth-order valence-corrected chi connectivity index (χ4v) is 2.19. The average molecular weight is 262 g/mol. The number of carbonyl (C=O) groups excluding carboxylic acids is 1. The van der Waals surface area contributed by atoms with Crippen LogP contribution in [0.25, 0.3) is 0 Å². The van der Waals surface area contributed by atoms with Crippen molar-refractivity contribution in [2.45, 2.75) is 32.2 Å². The normalized spacial score (nSPS) is 18.9. The van der Waals surface area contributed by atoms with Crippen molar-refractivity contribution in [2.24, 2.45) is 0 Å². The van der Waals surface area contributed by atoms with Crippen LogP contribution >= 0.6 is 0 Å². The van der Waals surface area contributed by atoms with E-state index in [-0.39, 0.29) is 17.5 Å². The van der Waals surface area contributed by atoms with Crippen molar-refractivity contribution in [1.29, 1.82) is 0 Å². The smallest absolute Gasteiger partial charge is 0.335 e. The predicted octanol–water partition coefficient (Wildman–Crippen LogP) is 1.77. The van der Waals surface area contributed by atoms with Crippen molar-refractivity contribution in [3.05, 3.63) is 29.3 Å². The molecule has 1 aromatic carbocycles. The van der Waals surface area contributed by atoms with Crippen LogP contribution in [0.4, 0.5) is 5.69 Å². The summed E-state index contributed by atoms with van der Waals surface area (Å²) in [5, 5.41) is 14.9. The summed E-state index contributed by atoms with van der Waals surface area (Å²) in [6.07, 6.45) is 2.96. The highest BCUT2D eigenvalue weighted by atomic mass is 16.4. The number of nitrogens with one attached hydrogen (secondary N) is 2. The van der Waals surface area contributed by atoms with Crippen LogP contribution in [0.5, 0.6) is 0 Å². The predicted molar refractivity (Wildman–Crippen MR) is 72.4 cm³/mol. The van der Waals surface area contributed by atoms with Crippen molar-refractivity contribution in [3.8, 4) is 0 Å². The Kier molecular flexibility index (Phi) is 4.16. The second-order valence-electron chi connectivity index (χ2n) is 4.83. The first-order valence-electron chi connectivity index (χ1n) is 6.46. The van der Waals surface area contributed by atoms with Gasteiger partial charge in [0, 0.05) is 5.69 Å². The van der Waals surface area contributed by atoms with Gasteiger partial charge in [-0.15, -0.1) is 0 Å². The summed E-state index contributed by atoms with van der Waals surface area (Å²) in [6.45, 7) is 2.70. The fourth-order valence-electron chi connectivity index (χ4n) is 2.19. The van der Waals surface area contributed by atoms with Gasteiger partial charge in [-0.05, 0) is 44.0 Å². The van der Waals surface area contributed by atoms with E-state index in [9.17, 15) is 9.59 Å². The van der Waals surface area contributed by atoms with Crippen LogP contribution in [-0.4, -0.2) is 29.6 Å². The SMILES string of the molecule is Cc1ccc(C(=O)O)cc1NC(=O)C1CCCCN1. The summed E-state index contributed by atoms with van der Waals surface area (Å²) in [4.78, 5) is 23.0. The summed E-state index contributed by atoms with van der Waals surface area (Å²) in [5.74, 6) is -1.09. The third kappa shape index (κ3) is 3.32. The van der Waals surface area contributed by atoms with Crippen molar-refractivity contribution in [1.82, 2.24) is 5.32 Å². The summed E-state index contributed by atoms with van der Waals surface area (Å²) < 4.78 is 0. The number of piperidine rings is 1. The molecular weight excluding hydrogens is 244 g/mol. The number of benzene rings is 1. The van der Waals surface area contributed by atoms with Gasteiger partial charge in [0.2, 0.25) is 5.91 Å². The summed E-state index contributed by atoms with van der Waals surface area (Å²) >= 11 is 0. The van der Waals surface area contributed by atoms with Gasteiger partial charge in [0.15, 0.2) is 0 Å². The average Bonchev–Trinajstić information content (AvgIpc) is 2.42. The molecule has 102 valence electrons. The van der Waals surface area contributed by atoms with Crippen LogP contribution in [0.3, 0.4) is 0 Å². The van der Waals surface area contributed by atoms with Crippen LogP contribution in [0, 0.1) is 6.92 Å². The highest BCUT2D eigenvalue weighted by Gasteiger charge is 2.21. The molecule has 1 aliphatic rings. The molecular formula is C14H18N2O3. The minimum absolute atomic E-state index is 0.0923. The number of aromatic carboxylic acids is 1. The second kappa shape index (κ2) is 5.84. The summed E-state index contributed by atoms with van der Waals surface area (Å²) in [6, 6.07) is 4.56. The lowest BCUT2D eigenvalue weighted by molar-refractivity contribution is -0.118. The number of aryl methyl sites for hydroxylation is 1. The molecule has 2 rings (SSSR count). The molecule has 1 aromatic rings. The van der Waals surface area contributed by atoms with Crippen LogP contribution in [0.15, 0.2) is 18.2 Å². The Bertz CT molecular complexity index is 493. The molecule has 1 unspecified atom stereocenters. The van der Waals surface area contributed by atoms with Crippen molar-refractivity contribution < 1.29 is 14.7 Å². The van der Waals surface area contributed by atoms with E-state index in [1.165, 1.54) is 12.1 Å². The highest BCUT2D eigenvalue weighted by Crippen LogP contribution is 2.18. The summed E-state index contributed by atoms with van der Waals surface area (Å²) in [7, 11) is 0. The fraction of sp³-hybridized carbons (Fsp3) is 0.429. The number of carboxylic acids is 1. The van der Waals surface area contributed by atoms with Crippen LogP contribution in [-0.2, 0) is 4.79 Å². The van der Waals surface area contributed by atoms with E-state index in [0.717, 1.165) is 31.4 Å². The molecule has 1 amide bonds. The molecule has 0 spiro atoms. The number of carbonyl (C=O) groups is 2. The number of carboxylic acid groups (broad SMARTS) is 1. The van der Waals surface area contributed by atoms with Crippen molar-refractivity contribution in [3.63, 3.8) is 0 Å². The van der Waals surface area contributed by atoms with E-state index in [1.807, 2.05) is 6.92 Å². The molecule has 5 heteroatoms. The van der Waals surface area contributed by atoms with Gasteiger partial charge in [-0.2, -0.15) is 0 Å². The number of hydrogen-bond donors (Lipinski definition) is 3. The monoisotopic (exact) mass is 262 g/mol. The Hall–Kier alpha value is -1.88. The molecule has 1 heterocycles. The third-order valence-corrected chi connectivity index (χ3v) is 3.37. The number of amides is 1. The van der Waals surface area contributed by atoms with Gasteiger partial charge in [-0.1, -0.05) is 12.5 Å². The lowest BCUT2D eigenvalue weighted by Gasteiger charge is -2.23. The van der Waals surface area contributed by atoms with E-state index in [1.54, 1.807) is 6.07 Å². The van der Waals surface area contributed by atoms with Crippen molar-refractivity contribution >= 4 is 17.6 Å². The Morgan fingerprint density at radius 1 is 1.37 bits per heavy atom. The zero-order valence-electron chi connectivity index (χ0n) is 10.9. The number of rotatable bonds is 3. The molecule has 0 radical (unpaired) electrons. The maximum atomic E-state index is 12.1. The molecule has 0 aliphatic carbocycles. The van der Waals surface area contributed by atoms with Crippen molar-refractivity contribution in [2.75, 3.05) is 11.9 Å². The van der Waals surface area contributed by atoms with Gasteiger partial charge in [-0.25, -0.2) is 4.79 Å². The van der Waals surface area contributed by atoms with Crippen LogP contribution < -0.4 is 10.6 Å². The highest BCUT2D eigenvalue weighted by molar-refractivity contribution is 5.97. The topological polar surface area (TPSA) is 78.4 Å². The maximum Gasteiger partial charge on any atom is 0.335 e. The molecule has 3 N–H and O–H groups in total. The van der Waals surface area contributed by atoms with Crippen LogP contribution in [0.1, 0.15) is 35.2 Å². The molecule has 5 nitrogen and oxygen atoms in total. The van der Waals surface area contributed by atoms with E-state index in [4.69, 9.17) is 5.11 Å². The quantitative estimate of drug-likeness (QED) is 0.775. The molecule has 1 saturated heterocycles. The number of anilines is 1. The van der Waals surface area contributed by atoms with Gasteiger partial charge in [-0.3, -0.25) is 4.79 Å². The first kappa shape index (κ1) is 13.5. The van der Waals surface area contributed by atoms with E-state index >= 15 is 0 Å². The molecule has 1 aliphatic heterocycles. The molecule has 1 fully saturated rings.